The molecule has 0 bridgehead atoms. The Balaban J connectivity index is 3.72. The van der Waals surface area contributed by atoms with Gasteiger partial charge in [0.15, 0.2) is 0 Å². The second kappa shape index (κ2) is 19.6. The van der Waals surface area contributed by atoms with Gasteiger partial charge in [0, 0.05) is 0 Å². The van der Waals surface area contributed by atoms with Gasteiger partial charge < -0.3 is 0 Å². The van der Waals surface area contributed by atoms with E-state index in [0.717, 1.165) is 58.3 Å². The van der Waals surface area contributed by atoms with Gasteiger partial charge in [-0.3, -0.25) is 0 Å². The Hall–Kier alpha value is 0.578. The molecule has 0 aliphatic carbocycles. The van der Waals surface area contributed by atoms with E-state index in [9.17, 15) is 0 Å². The average molecular weight is 431 g/mol. The molecule has 134 valence electrons. The molecule has 0 aromatic carbocycles. The van der Waals surface area contributed by atoms with E-state index in [4.69, 9.17) is 23.3 Å². The summed E-state index contributed by atoms with van der Waals surface area (Å²) in [6.45, 7) is 4.41. The number of rotatable bonds is 18. The van der Waals surface area contributed by atoms with Crippen LogP contribution in [0.15, 0.2) is 0 Å². The van der Waals surface area contributed by atoms with Crippen molar-refractivity contribution in [1.82, 2.24) is 0 Å². The van der Waals surface area contributed by atoms with Gasteiger partial charge in [0.05, 0.1) is 0 Å². The first-order valence-corrected chi connectivity index (χ1v) is 11.1. The van der Waals surface area contributed by atoms with Crippen LogP contribution in [0.2, 0.25) is 0 Å². The summed E-state index contributed by atoms with van der Waals surface area (Å²) >= 11 is -2.47. The van der Waals surface area contributed by atoms with Crippen molar-refractivity contribution in [3.8, 4) is 0 Å². The molecule has 0 aromatic heterocycles. The van der Waals surface area contributed by atoms with Gasteiger partial charge in [-0.25, -0.2) is 0 Å². The number of hydrogen-bond donors (Lipinski definition) is 0. The minimum absolute atomic E-state index is 0.697. The van der Waals surface area contributed by atoms with Gasteiger partial charge in [0.2, 0.25) is 0 Å². The fourth-order valence-electron chi connectivity index (χ4n) is 1.57. The first kappa shape index (κ1) is 22.6. The van der Waals surface area contributed by atoms with Crippen molar-refractivity contribution >= 4 is 21.5 Å². The normalized spacial score (nSPS) is 11.5. The molecule has 6 nitrogen and oxygen atoms in total. The predicted molar refractivity (Wildman–Crippen MR) is 86.9 cm³/mol. The number of hydrogen-bond acceptors (Lipinski definition) is 6. The van der Waals surface area contributed by atoms with Gasteiger partial charge in [0.25, 0.3) is 0 Å². The van der Waals surface area contributed by atoms with Crippen LogP contribution in [0.1, 0.15) is 38.5 Å². The van der Waals surface area contributed by atoms with Crippen molar-refractivity contribution in [2.24, 2.45) is 0 Å². The van der Waals surface area contributed by atoms with E-state index in [0.29, 0.717) is 19.8 Å². The molecule has 0 unspecified atom stereocenters. The topological polar surface area (TPSA) is 55.4 Å². The van der Waals surface area contributed by atoms with E-state index in [2.05, 4.69) is 0 Å². The fraction of sp³-hybridized carbons (Fsp3) is 1.00. The maximum absolute atomic E-state index is 5.82. The molecule has 0 spiro atoms. The van der Waals surface area contributed by atoms with Gasteiger partial charge in [-0.2, -0.15) is 0 Å². The number of unbranched alkanes of at least 4 members (excludes halogenated alkanes) is 3. The Kier molecular flexibility index (Phi) is 20.1. The average Bonchev–Trinajstić information content (AvgIpc) is 2.53. The molecule has 0 aliphatic rings. The molecule has 0 N–H and O–H groups in total. The first-order valence-electron chi connectivity index (χ1n) is 8.00. The van der Waals surface area contributed by atoms with Crippen LogP contribution < -0.4 is 0 Å². The first-order chi connectivity index (χ1) is 10.8. The Morgan fingerprint density at radius 3 is 1.00 bits per heavy atom. The quantitative estimate of drug-likeness (QED) is 0.245. The van der Waals surface area contributed by atoms with Crippen LogP contribution in [0, 0.1) is 0 Å². The third kappa shape index (κ3) is 16.9. The Labute approximate surface area is 144 Å². The fourth-order valence-corrected chi connectivity index (χ4v) is 4.59. The number of methoxy groups -OCH3 is 3. The molecule has 0 heterocycles. The molecule has 0 aromatic rings. The van der Waals surface area contributed by atoms with Crippen LogP contribution >= 0.6 is 0 Å². The molecule has 0 saturated heterocycles. The summed E-state index contributed by atoms with van der Waals surface area (Å²) in [6, 6.07) is 0. The molecule has 0 aliphatic heterocycles. The molecule has 0 atom stereocenters. The summed E-state index contributed by atoms with van der Waals surface area (Å²) in [6.07, 6.45) is 5.96. The van der Waals surface area contributed by atoms with Crippen LogP contribution in [0.25, 0.3) is 0 Å². The maximum atomic E-state index is 5.82. The van der Waals surface area contributed by atoms with Crippen molar-refractivity contribution in [3.05, 3.63) is 0 Å². The summed E-state index contributed by atoms with van der Waals surface area (Å²) in [5.74, 6) is 0. The SMILES string of the molecule is COCCCC[O][Sb]([O]CCCCOC)[O]CCCCOC. The monoisotopic (exact) mass is 430 g/mol. The van der Waals surface area contributed by atoms with Crippen molar-refractivity contribution < 1.29 is 23.3 Å². The zero-order valence-corrected chi connectivity index (χ0v) is 16.9. The summed E-state index contributed by atoms with van der Waals surface area (Å²) in [7, 11) is 5.15. The molecule has 0 saturated carbocycles. The molecule has 22 heavy (non-hydrogen) atoms. The van der Waals surface area contributed by atoms with E-state index in [1.807, 2.05) is 0 Å². The third-order valence-electron chi connectivity index (χ3n) is 2.82. The standard InChI is InChI=1S/3C5H11O2.Sb/c3*1-7-5-3-2-4-6;/h3*2-5H2,1H3;/q3*-1;+3. The number of ether oxygens (including phenoxy) is 3. The van der Waals surface area contributed by atoms with Crippen LogP contribution in [0.5, 0.6) is 0 Å². The summed E-state index contributed by atoms with van der Waals surface area (Å²) < 4.78 is 32.5. The van der Waals surface area contributed by atoms with Crippen LogP contribution in [-0.4, -0.2) is 82.4 Å². The van der Waals surface area contributed by atoms with E-state index >= 15 is 0 Å². The predicted octanol–water partition coefficient (Wildman–Crippen LogP) is 2.30. The molecule has 7 heteroatoms. The van der Waals surface area contributed by atoms with Gasteiger partial charge in [-0.1, -0.05) is 0 Å². The van der Waals surface area contributed by atoms with Crippen molar-refractivity contribution in [2.45, 2.75) is 38.5 Å². The Morgan fingerprint density at radius 2 is 0.727 bits per heavy atom. The Bertz CT molecular complexity index is 175. The van der Waals surface area contributed by atoms with Crippen molar-refractivity contribution in [1.29, 1.82) is 0 Å². The van der Waals surface area contributed by atoms with Crippen LogP contribution in [0.3, 0.4) is 0 Å². The second-order valence-electron chi connectivity index (χ2n) is 4.82. The van der Waals surface area contributed by atoms with Crippen LogP contribution in [-0.2, 0) is 23.3 Å². The molecule has 0 amide bonds. The summed E-state index contributed by atoms with van der Waals surface area (Å²) in [4.78, 5) is 0. The molecular formula is C15H33O6Sb. The molecule has 0 rings (SSSR count). The summed E-state index contributed by atoms with van der Waals surface area (Å²) in [5, 5.41) is 0. The van der Waals surface area contributed by atoms with E-state index < -0.39 is 21.5 Å². The summed E-state index contributed by atoms with van der Waals surface area (Å²) in [5.41, 5.74) is 0. The zero-order chi connectivity index (χ0) is 16.3. The van der Waals surface area contributed by atoms with Crippen LogP contribution in [0.4, 0.5) is 0 Å². The third-order valence-corrected chi connectivity index (χ3v) is 6.19. The van der Waals surface area contributed by atoms with E-state index in [1.54, 1.807) is 21.3 Å². The molecular weight excluding hydrogens is 398 g/mol. The Morgan fingerprint density at radius 1 is 0.455 bits per heavy atom. The van der Waals surface area contributed by atoms with Gasteiger partial charge in [-0.15, -0.1) is 0 Å². The van der Waals surface area contributed by atoms with Gasteiger partial charge in [-0.05, 0) is 0 Å². The van der Waals surface area contributed by atoms with Gasteiger partial charge >= 0.3 is 144 Å². The van der Waals surface area contributed by atoms with Crippen molar-refractivity contribution in [3.63, 3.8) is 0 Å². The van der Waals surface area contributed by atoms with Gasteiger partial charge in [0.1, 0.15) is 0 Å². The van der Waals surface area contributed by atoms with E-state index in [1.165, 1.54) is 0 Å². The molecule has 0 fully saturated rings. The van der Waals surface area contributed by atoms with Crippen molar-refractivity contribution in [2.75, 3.05) is 61.0 Å². The molecule has 0 radical (unpaired) electrons. The minimum atomic E-state index is -2.47. The second-order valence-corrected chi connectivity index (χ2v) is 8.31. The zero-order valence-electron chi connectivity index (χ0n) is 14.4. The van der Waals surface area contributed by atoms with E-state index in [-0.39, 0.29) is 0 Å².